The molecule has 0 aliphatic rings. The van der Waals surface area contributed by atoms with Crippen molar-refractivity contribution in [3.8, 4) is 0 Å². The van der Waals surface area contributed by atoms with Crippen LogP contribution in [-0.2, 0) is 4.74 Å². The molecule has 0 aliphatic heterocycles. The number of carbonyl (C=O) groups excluding carboxylic acids is 1. The summed E-state index contributed by atoms with van der Waals surface area (Å²) in [7, 11) is 2.55. The lowest BCUT2D eigenvalue weighted by atomic mass is 10.5. The van der Waals surface area contributed by atoms with Gasteiger partial charge in [0.15, 0.2) is 0 Å². The van der Waals surface area contributed by atoms with Crippen molar-refractivity contribution in [2.75, 3.05) is 6.61 Å². The van der Waals surface area contributed by atoms with E-state index < -0.39 is 6.09 Å². The molecule has 0 unspecified atom stereocenters. The van der Waals surface area contributed by atoms with Crippen LogP contribution < -0.4 is 4.72 Å². The van der Waals surface area contributed by atoms with Gasteiger partial charge in [0.1, 0.15) is 5.03 Å². The fraction of sp³-hybridized carbons (Fsp3) is 0.250. The maximum atomic E-state index is 10.8. The van der Waals surface area contributed by atoms with E-state index >= 15 is 0 Å². The van der Waals surface area contributed by atoms with E-state index in [1.165, 1.54) is 21.8 Å². The van der Waals surface area contributed by atoms with Gasteiger partial charge in [-0.25, -0.2) is 9.78 Å². The maximum Gasteiger partial charge on any atom is 0.417 e. The van der Waals surface area contributed by atoms with Crippen LogP contribution in [0.4, 0.5) is 4.79 Å². The molecule has 76 valence electrons. The van der Waals surface area contributed by atoms with Gasteiger partial charge in [0.05, 0.1) is 6.61 Å². The number of rotatable bonds is 4. The van der Waals surface area contributed by atoms with Gasteiger partial charge in [0.25, 0.3) is 0 Å². The molecule has 4 nitrogen and oxygen atoms in total. The zero-order valence-corrected chi connectivity index (χ0v) is 9.23. The smallest absolute Gasteiger partial charge is 0.417 e. The molecule has 0 aliphatic carbocycles. The lowest BCUT2D eigenvalue weighted by Gasteiger charge is -2.02. The number of ether oxygens (including phenoxy) is 1. The first-order valence-corrected chi connectivity index (χ1v) is 6.15. The van der Waals surface area contributed by atoms with Gasteiger partial charge >= 0.3 is 6.09 Å². The van der Waals surface area contributed by atoms with Crippen molar-refractivity contribution in [3.63, 3.8) is 0 Å². The topological polar surface area (TPSA) is 51.2 Å². The summed E-state index contributed by atoms with van der Waals surface area (Å²) in [6, 6.07) is 5.60. The maximum absolute atomic E-state index is 10.8. The first-order valence-electron chi connectivity index (χ1n) is 4.00. The highest BCUT2D eigenvalue weighted by molar-refractivity contribution is 8.76. The molecule has 0 saturated heterocycles. The van der Waals surface area contributed by atoms with E-state index in [2.05, 4.69) is 14.4 Å². The highest BCUT2D eigenvalue weighted by atomic mass is 33.1. The summed E-state index contributed by atoms with van der Waals surface area (Å²) in [5.74, 6) is 0. The molecule has 1 aromatic heterocycles. The summed E-state index contributed by atoms with van der Waals surface area (Å²) in [5.41, 5.74) is 0. The molecular formula is C8H10N2O2S2. The van der Waals surface area contributed by atoms with Gasteiger partial charge in [0, 0.05) is 17.2 Å². The summed E-state index contributed by atoms with van der Waals surface area (Å²) in [5, 5.41) is 0.842. The van der Waals surface area contributed by atoms with Crippen LogP contribution in [0.25, 0.3) is 0 Å². The van der Waals surface area contributed by atoms with Crippen molar-refractivity contribution in [3.05, 3.63) is 24.4 Å². The average molecular weight is 230 g/mol. The lowest BCUT2D eigenvalue weighted by Crippen LogP contribution is -2.15. The zero-order chi connectivity index (χ0) is 10.2. The first-order chi connectivity index (χ1) is 6.83. The SMILES string of the molecule is CCOC(=O)NSSc1ccccn1. The van der Waals surface area contributed by atoms with E-state index in [-0.39, 0.29) is 0 Å². The molecule has 0 aromatic carbocycles. The average Bonchev–Trinajstić information content (AvgIpc) is 2.20. The van der Waals surface area contributed by atoms with E-state index in [1.807, 2.05) is 18.2 Å². The van der Waals surface area contributed by atoms with Crippen molar-refractivity contribution in [2.24, 2.45) is 0 Å². The molecule has 0 radical (unpaired) electrons. The predicted molar refractivity (Wildman–Crippen MR) is 57.8 cm³/mol. The number of carbonyl (C=O) groups is 1. The summed E-state index contributed by atoms with van der Waals surface area (Å²) in [6.45, 7) is 2.14. The zero-order valence-electron chi connectivity index (χ0n) is 7.60. The molecule has 1 rings (SSSR count). The molecule has 0 saturated carbocycles. The summed E-state index contributed by atoms with van der Waals surface area (Å²) in [6.07, 6.45) is 1.27. The standard InChI is InChI=1S/C8H10N2O2S2/c1-2-12-8(11)10-14-13-7-5-3-4-6-9-7/h3-6H,2H2,1H3,(H,10,11). The predicted octanol–water partition coefficient (Wildman–Crippen LogP) is 2.48. The number of aromatic nitrogens is 1. The Morgan fingerprint density at radius 2 is 2.50 bits per heavy atom. The number of hydrogen-bond donors (Lipinski definition) is 1. The van der Waals surface area contributed by atoms with Crippen molar-refractivity contribution < 1.29 is 9.53 Å². The first kappa shape index (κ1) is 11.2. The second-order valence-electron chi connectivity index (χ2n) is 2.16. The van der Waals surface area contributed by atoms with Gasteiger partial charge in [-0.1, -0.05) is 6.07 Å². The van der Waals surface area contributed by atoms with Gasteiger partial charge in [-0.05, 0) is 29.9 Å². The third-order valence-corrected chi connectivity index (χ3v) is 2.92. The molecule has 0 bridgehead atoms. The third-order valence-electron chi connectivity index (χ3n) is 1.17. The Balaban J connectivity index is 2.19. The van der Waals surface area contributed by atoms with Gasteiger partial charge in [-0.2, -0.15) is 0 Å². The second kappa shape index (κ2) is 6.56. The Hall–Kier alpha value is -0.880. The molecule has 0 fully saturated rings. The van der Waals surface area contributed by atoms with Gasteiger partial charge in [-0.15, -0.1) is 0 Å². The fourth-order valence-corrected chi connectivity index (χ4v) is 2.03. The molecule has 1 aromatic rings. The van der Waals surface area contributed by atoms with Crippen LogP contribution in [0.5, 0.6) is 0 Å². The van der Waals surface area contributed by atoms with Crippen molar-refractivity contribution in [1.29, 1.82) is 0 Å². The highest BCUT2D eigenvalue weighted by Crippen LogP contribution is 2.25. The lowest BCUT2D eigenvalue weighted by molar-refractivity contribution is 0.159. The van der Waals surface area contributed by atoms with E-state index in [1.54, 1.807) is 13.1 Å². The Kier molecular flexibility index (Phi) is 5.24. The number of pyridine rings is 1. The number of hydrogen-bond acceptors (Lipinski definition) is 5. The van der Waals surface area contributed by atoms with Crippen LogP contribution in [0.2, 0.25) is 0 Å². The van der Waals surface area contributed by atoms with Crippen LogP contribution in [0.15, 0.2) is 29.4 Å². The Bertz CT molecular complexity index is 282. The summed E-state index contributed by atoms with van der Waals surface area (Å²) < 4.78 is 7.19. The van der Waals surface area contributed by atoms with Crippen LogP contribution in [0.3, 0.4) is 0 Å². The van der Waals surface area contributed by atoms with Crippen LogP contribution in [-0.4, -0.2) is 17.7 Å². The number of nitrogens with zero attached hydrogens (tertiary/aromatic N) is 1. The fourth-order valence-electron chi connectivity index (χ4n) is 0.654. The van der Waals surface area contributed by atoms with E-state index in [0.29, 0.717) is 6.61 Å². The van der Waals surface area contributed by atoms with Crippen LogP contribution in [0, 0.1) is 0 Å². The van der Waals surface area contributed by atoms with Crippen molar-refractivity contribution in [1.82, 2.24) is 9.71 Å². The summed E-state index contributed by atoms with van der Waals surface area (Å²) in [4.78, 5) is 14.9. The van der Waals surface area contributed by atoms with Gasteiger partial charge in [-0.3, -0.25) is 4.72 Å². The van der Waals surface area contributed by atoms with Crippen molar-refractivity contribution in [2.45, 2.75) is 11.9 Å². The normalized spacial score (nSPS) is 9.50. The molecule has 1 amide bonds. The van der Waals surface area contributed by atoms with Crippen molar-refractivity contribution >= 4 is 27.9 Å². The van der Waals surface area contributed by atoms with Gasteiger partial charge in [0.2, 0.25) is 0 Å². The monoisotopic (exact) mass is 230 g/mol. The molecule has 14 heavy (non-hydrogen) atoms. The third kappa shape index (κ3) is 4.38. The molecule has 1 N–H and O–H groups in total. The summed E-state index contributed by atoms with van der Waals surface area (Å²) >= 11 is 0. The van der Waals surface area contributed by atoms with Crippen LogP contribution >= 0.6 is 21.8 Å². The molecule has 1 heterocycles. The second-order valence-corrected chi connectivity index (χ2v) is 4.11. The van der Waals surface area contributed by atoms with Crippen LogP contribution in [0.1, 0.15) is 6.92 Å². The highest BCUT2D eigenvalue weighted by Gasteiger charge is 2.00. The number of amides is 1. The largest absolute Gasteiger partial charge is 0.449 e. The van der Waals surface area contributed by atoms with E-state index in [9.17, 15) is 4.79 Å². The van der Waals surface area contributed by atoms with E-state index in [0.717, 1.165) is 5.03 Å². The Morgan fingerprint density at radius 3 is 3.14 bits per heavy atom. The Morgan fingerprint density at radius 1 is 1.64 bits per heavy atom. The van der Waals surface area contributed by atoms with E-state index in [4.69, 9.17) is 0 Å². The molecular weight excluding hydrogens is 220 g/mol. The van der Waals surface area contributed by atoms with Gasteiger partial charge < -0.3 is 4.74 Å². The minimum absolute atomic E-state index is 0.376. The minimum Gasteiger partial charge on any atom is -0.449 e. The molecule has 0 atom stereocenters. The number of nitrogens with one attached hydrogen (secondary N) is 1. The Labute approximate surface area is 90.4 Å². The minimum atomic E-state index is -0.430. The molecule has 0 spiro atoms. The quantitative estimate of drug-likeness (QED) is 0.636. The molecule has 6 heteroatoms.